The van der Waals surface area contributed by atoms with Gasteiger partial charge >= 0.3 is 5.97 Å². The smallest absolute Gasteiger partial charge is 0.344 e. The van der Waals surface area contributed by atoms with Gasteiger partial charge in [0.15, 0.2) is 13.2 Å². The van der Waals surface area contributed by atoms with Crippen molar-refractivity contribution in [2.24, 2.45) is 11.8 Å². The lowest BCUT2D eigenvalue weighted by molar-refractivity contribution is -0.150. The van der Waals surface area contributed by atoms with Crippen LogP contribution in [0.2, 0.25) is 0 Å². The van der Waals surface area contributed by atoms with E-state index in [4.69, 9.17) is 9.47 Å². The Labute approximate surface area is 155 Å². The molecule has 0 unspecified atom stereocenters. The first-order valence-corrected chi connectivity index (χ1v) is 9.72. The van der Waals surface area contributed by atoms with Crippen LogP contribution in [0.1, 0.15) is 50.7 Å². The fourth-order valence-corrected chi connectivity index (χ4v) is 4.00. The molecule has 26 heavy (non-hydrogen) atoms. The van der Waals surface area contributed by atoms with Gasteiger partial charge in [-0.1, -0.05) is 32.8 Å². The Morgan fingerprint density at radius 3 is 2.73 bits per heavy atom. The van der Waals surface area contributed by atoms with E-state index in [1.54, 1.807) is 0 Å². The Morgan fingerprint density at radius 2 is 1.88 bits per heavy atom. The third kappa shape index (κ3) is 4.77. The summed E-state index contributed by atoms with van der Waals surface area (Å²) < 4.78 is 10.5. The van der Waals surface area contributed by atoms with E-state index in [0.717, 1.165) is 25.7 Å². The van der Waals surface area contributed by atoms with Crippen molar-refractivity contribution in [3.63, 3.8) is 0 Å². The second-order valence-corrected chi connectivity index (χ2v) is 7.67. The molecule has 0 aliphatic heterocycles. The van der Waals surface area contributed by atoms with Crippen LogP contribution >= 0.6 is 0 Å². The predicted molar refractivity (Wildman–Crippen MR) is 99.0 cm³/mol. The zero-order valence-electron chi connectivity index (χ0n) is 15.8. The van der Waals surface area contributed by atoms with Crippen LogP contribution in [0, 0.1) is 11.8 Å². The molecule has 1 N–H and O–H groups in total. The van der Waals surface area contributed by atoms with Crippen molar-refractivity contribution in [2.45, 2.75) is 58.4 Å². The summed E-state index contributed by atoms with van der Waals surface area (Å²) >= 11 is 0. The average Bonchev–Trinajstić information content (AvgIpc) is 3.10. The van der Waals surface area contributed by atoms with E-state index in [0.29, 0.717) is 17.6 Å². The lowest BCUT2D eigenvalue weighted by atomic mass is 9.78. The molecule has 1 amide bonds. The molecule has 3 atom stereocenters. The highest BCUT2D eigenvalue weighted by atomic mass is 16.6. The number of aryl methyl sites for hydroxylation is 2. The van der Waals surface area contributed by atoms with Crippen molar-refractivity contribution in [2.75, 3.05) is 13.2 Å². The molecule has 3 rings (SSSR count). The first-order chi connectivity index (χ1) is 12.5. The second kappa shape index (κ2) is 8.56. The van der Waals surface area contributed by atoms with Gasteiger partial charge in [-0.2, -0.15) is 0 Å². The number of carbonyl (C=O) groups excluding carboxylic acids is 2. The molecule has 5 heteroatoms. The summed E-state index contributed by atoms with van der Waals surface area (Å²) in [5, 5.41) is 3.00. The van der Waals surface area contributed by atoms with Crippen LogP contribution < -0.4 is 10.1 Å². The minimum atomic E-state index is -0.522. The molecule has 142 valence electrons. The van der Waals surface area contributed by atoms with Crippen LogP contribution in [0.5, 0.6) is 5.75 Å². The number of ether oxygens (including phenoxy) is 2. The zero-order chi connectivity index (χ0) is 18.5. The molecule has 0 radical (unpaired) electrons. The molecule has 0 spiro atoms. The number of rotatable bonds is 6. The Morgan fingerprint density at radius 1 is 1.08 bits per heavy atom. The van der Waals surface area contributed by atoms with Crippen LogP contribution in [0.15, 0.2) is 18.2 Å². The summed E-state index contributed by atoms with van der Waals surface area (Å²) in [7, 11) is 0. The highest BCUT2D eigenvalue weighted by Gasteiger charge is 2.28. The van der Waals surface area contributed by atoms with Gasteiger partial charge in [0, 0.05) is 6.04 Å². The summed E-state index contributed by atoms with van der Waals surface area (Å²) in [6, 6.07) is 6.11. The Hall–Kier alpha value is -2.04. The van der Waals surface area contributed by atoms with E-state index >= 15 is 0 Å². The molecule has 1 saturated carbocycles. The first kappa shape index (κ1) is 18.7. The number of carbonyl (C=O) groups is 2. The van der Waals surface area contributed by atoms with E-state index in [1.165, 1.54) is 24.0 Å². The number of amides is 1. The van der Waals surface area contributed by atoms with E-state index in [-0.39, 0.29) is 25.2 Å². The molecule has 2 aliphatic rings. The van der Waals surface area contributed by atoms with Crippen LogP contribution in [-0.4, -0.2) is 31.1 Å². The van der Waals surface area contributed by atoms with Gasteiger partial charge in [-0.3, -0.25) is 4.79 Å². The van der Waals surface area contributed by atoms with Gasteiger partial charge in [0.25, 0.3) is 5.91 Å². The third-order valence-corrected chi connectivity index (χ3v) is 5.84. The lowest BCUT2D eigenvalue weighted by Gasteiger charge is -2.34. The summed E-state index contributed by atoms with van der Waals surface area (Å²) in [6.45, 7) is 3.97. The Kier molecular flexibility index (Phi) is 6.17. The molecule has 1 aromatic carbocycles. The third-order valence-electron chi connectivity index (χ3n) is 5.84. The normalized spacial score (nSPS) is 24.6. The number of esters is 1. The van der Waals surface area contributed by atoms with Gasteiger partial charge in [0.05, 0.1) is 0 Å². The molecule has 0 bridgehead atoms. The van der Waals surface area contributed by atoms with Crippen molar-refractivity contribution in [1.29, 1.82) is 0 Å². The minimum Gasteiger partial charge on any atom is -0.482 e. The highest BCUT2D eigenvalue weighted by molar-refractivity contribution is 5.81. The zero-order valence-corrected chi connectivity index (χ0v) is 15.8. The maximum atomic E-state index is 12.0. The highest BCUT2D eigenvalue weighted by Crippen LogP contribution is 2.29. The van der Waals surface area contributed by atoms with Gasteiger partial charge in [-0.15, -0.1) is 0 Å². The molecule has 5 nitrogen and oxygen atoms in total. The minimum absolute atomic E-state index is 0.174. The molecule has 0 aromatic heterocycles. The Bertz CT molecular complexity index is 657. The number of nitrogens with one attached hydrogen (secondary N) is 1. The molecule has 1 fully saturated rings. The predicted octanol–water partition coefficient (Wildman–Crippen LogP) is 3.04. The number of hydrogen-bond acceptors (Lipinski definition) is 4. The van der Waals surface area contributed by atoms with Crippen molar-refractivity contribution in [3.8, 4) is 5.75 Å². The molecular formula is C21H29NO4. The van der Waals surface area contributed by atoms with E-state index in [2.05, 4.69) is 25.2 Å². The maximum absolute atomic E-state index is 12.0. The van der Waals surface area contributed by atoms with Gasteiger partial charge in [0.1, 0.15) is 5.75 Å². The molecular weight excluding hydrogens is 330 g/mol. The largest absolute Gasteiger partial charge is 0.482 e. The fourth-order valence-electron chi connectivity index (χ4n) is 4.00. The second-order valence-electron chi connectivity index (χ2n) is 7.67. The lowest BCUT2D eigenvalue weighted by Crippen LogP contribution is -2.45. The number of fused-ring (bicyclic) bond motifs is 1. The topological polar surface area (TPSA) is 64.6 Å². The fraction of sp³-hybridized carbons (Fsp3) is 0.619. The monoisotopic (exact) mass is 359 g/mol. The first-order valence-electron chi connectivity index (χ1n) is 9.72. The van der Waals surface area contributed by atoms with Gasteiger partial charge in [-0.25, -0.2) is 4.79 Å². The standard InChI is InChI=1S/C21H29NO4/c1-14-5-3-8-19(15(14)2)22-20(23)12-26-21(24)13-25-18-10-9-16-6-4-7-17(16)11-18/h9-11,14-15,19H,3-8,12-13H2,1-2H3,(H,22,23)/t14-,15-,19-/m1/s1. The van der Waals surface area contributed by atoms with Gasteiger partial charge in [0.2, 0.25) is 0 Å². The number of benzene rings is 1. The van der Waals surface area contributed by atoms with Crippen molar-refractivity contribution >= 4 is 11.9 Å². The average molecular weight is 359 g/mol. The molecule has 0 heterocycles. The summed E-state index contributed by atoms with van der Waals surface area (Å²) in [5.41, 5.74) is 2.66. The van der Waals surface area contributed by atoms with Crippen molar-refractivity contribution in [3.05, 3.63) is 29.3 Å². The molecule has 1 aromatic rings. The SMILES string of the molecule is C[C@@H]1[C@H](C)CCC[C@H]1NC(=O)COC(=O)COc1ccc2c(c1)CCC2. The summed E-state index contributed by atoms with van der Waals surface area (Å²) in [6.07, 6.45) is 6.69. The quantitative estimate of drug-likeness (QED) is 0.793. The van der Waals surface area contributed by atoms with E-state index < -0.39 is 5.97 Å². The maximum Gasteiger partial charge on any atom is 0.344 e. The van der Waals surface area contributed by atoms with Gasteiger partial charge in [-0.05, 0) is 60.8 Å². The Balaban J connectivity index is 1.37. The summed E-state index contributed by atoms with van der Waals surface area (Å²) in [4.78, 5) is 23.9. The molecule has 2 aliphatic carbocycles. The van der Waals surface area contributed by atoms with Crippen LogP contribution in [-0.2, 0) is 27.2 Å². The van der Waals surface area contributed by atoms with Crippen molar-refractivity contribution < 1.29 is 19.1 Å². The molecule has 0 saturated heterocycles. The van der Waals surface area contributed by atoms with E-state index in [1.807, 2.05) is 12.1 Å². The van der Waals surface area contributed by atoms with E-state index in [9.17, 15) is 9.59 Å². The number of hydrogen-bond donors (Lipinski definition) is 1. The van der Waals surface area contributed by atoms with Crippen LogP contribution in [0.3, 0.4) is 0 Å². The van der Waals surface area contributed by atoms with Crippen LogP contribution in [0.4, 0.5) is 0 Å². The van der Waals surface area contributed by atoms with Crippen LogP contribution in [0.25, 0.3) is 0 Å². The van der Waals surface area contributed by atoms with Gasteiger partial charge < -0.3 is 14.8 Å². The van der Waals surface area contributed by atoms with Crippen molar-refractivity contribution in [1.82, 2.24) is 5.32 Å². The summed E-state index contributed by atoms with van der Waals surface area (Å²) in [5.74, 6) is 0.980.